The Morgan fingerprint density at radius 2 is 1.38 bits per heavy atom. The van der Waals surface area contributed by atoms with E-state index >= 15 is 0 Å². The Morgan fingerprint density at radius 3 is 1.65 bits per heavy atom. The summed E-state index contributed by atoms with van der Waals surface area (Å²) in [5.41, 5.74) is 0. The van der Waals surface area contributed by atoms with E-state index < -0.39 is 6.10 Å². The van der Waals surface area contributed by atoms with Gasteiger partial charge in [0.2, 0.25) is 0 Å². The van der Waals surface area contributed by atoms with Crippen LogP contribution >= 0.6 is 0 Å². The van der Waals surface area contributed by atoms with Crippen LogP contribution in [0.25, 0.3) is 0 Å². The SMILES string of the molecule is CC(=O)OCC(C)C.CC(O)COC(C)COC(C)CO.CCOCC. The van der Waals surface area contributed by atoms with Crippen molar-refractivity contribution in [3.05, 3.63) is 0 Å². The number of hydrogen-bond donors (Lipinski definition) is 2. The van der Waals surface area contributed by atoms with Crippen molar-refractivity contribution in [3.63, 3.8) is 0 Å². The molecule has 26 heavy (non-hydrogen) atoms. The highest BCUT2D eigenvalue weighted by Gasteiger charge is 2.07. The zero-order valence-corrected chi connectivity index (χ0v) is 18.0. The van der Waals surface area contributed by atoms with Gasteiger partial charge in [-0.3, -0.25) is 4.79 Å². The Kier molecular flexibility index (Phi) is 25.8. The van der Waals surface area contributed by atoms with Gasteiger partial charge < -0.3 is 29.2 Å². The maximum atomic E-state index is 10.1. The third-order valence-corrected chi connectivity index (χ3v) is 2.52. The molecule has 0 aromatic heterocycles. The lowest BCUT2D eigenvalue weighted by Gasteiger charge is -2.16. The quantitative estimate of drug-likeness (QED) is 0.530. The van der Waals surface area contributed by atoms with Gasteiger partial charge in [-0.05, 0) is 40.5 Å². The molecule has 3 atom stereocenters. The summed E-state index contributed by atoms with van der Waals surface area (Å²) in [6, 6.07) is 0. The molecular formula is C19H42O7. The second kappa shape index (κ2) is 22.3. The van der Waals surface area contributed by atoms with E-state index in [2.05, 4.69) is 4.74 Å². The van der Waals surface area contributed by atoms with Crippen LogP contribution in [0.2, 0.25) is 0 Å². The molecule has 0 saturated heterocycles. The van der Waals surface area contributed by atoms with Crippen molar-refractivity contribution in [1.82, 2.24) is 0 Å². The van der Waals surface area contributed by atoms with E-state index in [0.29, 0.717) is 25.7 Å². The van der Waals surface area contributed by atoms with Crippen molar-refractivity contribution in [3.8, 4) is 0 Å². The largest absolute Gasteiger partial charge is 0.466 e. The number of hydrogen-bond acceptors (Lipinski definition) is 7. The minimum absolute atomic E-state index is 0.0170. The van der Waals surface area contributed by atoms with E-state index in [1.165, 1.54) is 6.92 Å². The normalized spacial score (nSPS) is 13.7. The average molecular weight is 383 g/mol. The molecule has 0 aromatic rings. The van der Waals surface area contributed by atoms with Crippen molar-refractivity contribution in [2.75, 3.05) is 39.6 Å². The summed E-state index contributed by atoms with van der Waals surface area (Å²) in [5, 5.41) is 17.6. The highest BCUT2D eigenvalue weighted by molar-refractivity contribution is 5.65. The maximum Gasteiger partial charge on any atom is 0.302 e. The van der Waals surface area contributed by atoms with Crippen LogP contribution in [-0.4, -0.2) is 74.1 Å². The van der Waals surface area contributed by atoms with Crippen molar-refractivity contribution in [2.24, 2.45) is 5.92 Å². The highest BCUT2D eigenvalue weighted by Crippen LogP contribution is 1.97. The zero-order valence-electron chi connectivity index (χ0n) is 18.0. The predicted molar refractivity (Wildman–Crippen MR) is 103 cm³/mol. The second-order valence-electron chi connectivity index (χ2n) is 6.30. The van der Waals surface area contributed by atoms with Crippen molar-refractivity contribution in [1.29, 1.82) is 0 Å². The molecule has 0 spiro atoms. The fourth-order valence-electron chi connectivity index (χ4n) is 1.19. The van der Waals surface area contributed by atoms with Gasteiger partial charge in [-0.2, -0.15) is 0 Å². The summed E-state index contributed by atoms with van der Waals surface area (Å²) in [5.74, 6) is 0.248. The molecule has 0 radical (unpaired) electrons. The first-order valence-electron chi connectivity index (χ1n) is 9.33. The van der Waals surface area contributed by atoms with E-state index in [-0.39, 0.29) is 24.8 Å². The van der Waals surface area contributed by atoms with E-state index in [4.69, 9.17) is 24.4 Å². The molecular weight excluding hydrogens is 340 g/mol. The molecule has 160 valence electrons. The monoisotopic (exact) mass is 382 g/mol. The summed E-state index contributed by atoms with van der Waals surface area (Å²) in [7, 11) is 0. The second-order valence-corrected chi connectivity index (χ2v) is 6.30. The van der Waals surface area contributed by atoms with Gasteiger partial charge in [0.1, 0.15) is 0 Å². The molecule has 0 aliphatic rings. The van der Waals surface area contributed by atoms with Gasteiger partial charge >= 0.3 is 5.97 Å². The standard InChI is InChI=1S/C9H20O4.C6H12O2.C4H10O/c1-7(11)5-12-9(3)6-13-8(2)4-10;1-5(2)4-8-6(3)7;1-3-5-4-2/h7-11H,4-6H2,1-3H3;5H,4H2,1-3H3;3-4H2,1-2H3. The highest BCUT2D eigenvalue weighted by atomic mass is 16.5. The molecule has 0 aliphatic heterocycles. The van der Waals surface area contributed by atoms with Crippen molar-refractivity contribution >= 4 is 5.97 Å². The lowest BCUT2D eigenvalue weighted by atomic mass is 10.2. The van der Waals surface area contributed by atoms with E-state index in [1.807, 2.05) is 34.6 Å². The van der Waals surface area contributed by atoms with Crippen LogP contribution in [-0.2, 0) is 23.7 Å². The van der Waals surface area contributed by atoms with Crippen LogP contribution in [0, 0.1) is 5.92 Å². The number of carbonyl (C=O) groups excluding carboxylic acids is 1. The number of esters is 1. The van der Waals surface area contributed by atoms with E-state index in [9.17, 15) is 4.79 Å². The van der Waals surface area contributed by atoms with Gasteiger partial charge in [0.15, 0.2) is 0 Å². The molecule has 0 fully saturated rings. The molecule has 0 aromatic carbocycles. The number of rotatable bonds is 11. The number of aliphatic hydroxyl groups is 2. The van der Waals surface area contributed by atoms with Gasteiger partial charge in [-0.15, -0.1) is 0 Å². The fourth-order valence-corrected chi connectivity index (χ4v) is 1.19. The van der Waals surface area contributed by atoms with Crippen LogP contribution in [0.5, 0.6) is 0 Å². The minimum Gasteiger partial charge on any atom is -0.466 e. The Bertz CT molecular complexity index is 281. The summed E-state index contributed by atoms with van der Waals surface area (Å²) in [4.78, 5) is 10.1. The summed E-state index contributed by atoms with van der Waals surface area (Å²) < 4.78 is 20.0. The lowest BCUT2D eigenvalue weighted by molar-refractivity contribution is -0.141. The number of carbonyl (C=O) groups is 1. The molecule has 7 nitrogen and oxygen atoms in total. The molecule has 3 unspecified atom stereocenters. The molecule has 7 heteroatoms. The predicted octanol–water partition coefficient (Wildman–Crippen LogP) is 2.42. The molecule has 0 saturated carbocycles. The van der Waals surface area contributed by atoms with E-state index in [0.717, 1.165) is 13.2 Å². The Hall–Kier alpha value is -0.730. The lowest BCUT2D eigenvalue weighted by Crippen LogP contribution is -2.24. The van der Waals surface area contributed by atoms with Crippen LogP contribution in [0.4, 0.5) is 0 Å². The van der Waals surface area contributed by atoms with Gasteiger partial charge in [-0.25, -0.2) is 0 Å². The Labute approximate surface area is 160 Å². The van der Waals surface area contributed by atoms with Crippen LogP contribution in [0.3, 0.4) is 0 Å². The summed E-state index contributed by atoms with van der Waals surface area (Å²) in [6.07, 6.45) is -0.654. The Morgan fingerprint density at radius 1 is 0.885 bits per heavy atom. The third kappa shape index (κ3) is 34.6. The molecule has 0 rings (SSSR count). The van der Waals surface area contributed by atoms with Gasteiger partial charge in [0.05, 0.1) is 44.7 Å². The van der Waals surface area contributed by atoms with Crippen LogP contribution in [0.1, 0.15) is 55.4 Å². The van der Waals surface area contributed by atoms with Crippen LogP contribution in [0.15, 0.2) is 0 Å². The molecule has 0 amide bonds. The molecule has 0 aliphatic carbocycles. The minimum atomic E-state index is -0.447. The summed E-state index contributed by atoms with van der Waals surface area (Å²) >= 11 is 0. The van der Waals surface area contributed by atoms with Crippen molar-refractivity contribution < 1.29 is 34.0 Å². The maximum absolute atomic E-state index is 10.1. The fraction of sp³-hybridized carbons (Fsp3) is 0.947. The first kappa shape index (κ1) is 30.0. The van der Waals surface area contributed by atoms with Gasteiger partial charge in [0.25, 0.3) is 0 Å². The van der Waals surface area contributed by atoms with Crippen molar-refractivity contribution in [2.45, 2.75) is 73.7 Å². The van der Waals surface area contributed by atoms with Crippen LogP contribution < -0.4 is 0 Å². The van der Waals surface area contributed by atoms with Gasteiger partial charge in [0, 0.05) is 20.1 Å². The number of ether oxygens (including phenoxy) is 4. The zero-order chi connectivity index (χ0) is 21.0. The average Bonchev–Trinajstić information content (AvgIpc) is 2.57. The van der Waals surface area contributed by atoms with Gasteiger partial charge in [-0.1, -0.05) is 13.8 Å². The molecule has 0 heterocycles. The summed E-state index contributed by atoms with van der Waals surface area (Å²) in [6.45, 7) is 17.7. The smallest absolute Gasteiger partial charge is 0.302 e. The molecule has 0 bridgehead atoms. The first-order chi connectivity index (χ1) is 12.1. The number of aliphatic hydroxyl groups excluding tert-OH is 2. The van der Waals surface area contributed by atoms with E-state index in [1.54, 1.807) is 13.8 Å². The first-order valence-corrected chi connectivity index (χ1v) is 9.33. The Balaban J connectivity index is -0.000000346. The molecule has 2 N–H and O–H groups in total. The topological polar surface area (TPSA) is 94.5 Å². The third-order valence-electron chi connectivity index (χ3n) is 2.52.